The van der Waals surface area contributed by atoms with Gasteiger partial charge in [-0.15, -0.1) is 0 Å². The molecule has 0 bridgehead atoms. The van der Waals surface area contributed by atoms with Crippen molar-refractivity contribution in [1.29, 1.82) is 0 Å². The first kappa shape index (κ1) is 16.4. The highest BCUT2D eigenvalue weighted by atomic mass is 16.1. The summed E-state index contributed by atoms with van der Waals surface area (Å²) in [7, 11) is 0. The Balaban J connectivity index is 2.94. The zero-order chi connectivity index (χ0) is 15.4. The highest BCUT2D eigenvalue weighted by Gasteiger charge is 2.18. The van der Waals surface area contributed by atoms with Crippen LogP contribution in [0.5, 0.6) is 0 Å². The molecule has 0 unspecified atom stereocenters. The van der Waals surface area contributed by atoms with E-state index in [9.17, 15) is 9.59 Å². The monoisotopic (exact) mass is 276 g/mol. The van der Waals surface area contributed by atoms with Gasteiger partial charge in [0.15, 0.2) is 5.78 Å². The van der Waals surface area contributed by atoms with Crippen molar-refractivity contribution in [3.63, 3.8) is 0 Å². The van der Waals surface area contributed by atoms with Crippen LogP contribution in [0.1, 0.15) is 40.9 Å². The lowest BCUT2D eigenvalue weighted by Crippen LogP contribution is -2.41. The molecule has 4 heteroatoms. The van der Waals surface area contributed by atoms with Crippen LogP contribution in [-0.2, 0) is 4.79 Å². The molecule has 20 heavy (non-hydrogen) atoms. The van der Waals surface area contributed by atoms with Gasteiger partial charge in [-0.3, -0.25) is 14.5 Å². The van der Waals surface area contributed by atoms with Crippen LogP contribution in [0.3, 0.4) is 0 Å². The number of carbonyl (C=O) groups excluding carboxylic acids is 2. The van der Waals surface area contributed by atoms with E-state index in [0.29, 0.717) is 0 Å². The summed E-state index contributed by atoms with van der Waals surface area (Å²) < 4.78 is 0. The van der Waals surface area contributed by atoms with Crippen LogP contribution < -0.4 is 5.73 Å². The number of primary amides is 1. The number of rotatable bonds is 6. The van der Waals surface area contributed by atoms with Crippen molar-refractivity contribution in [2.24, 2.45) is 5.73 Å². The summed E-state index contributed by atoms with van der Waals surface area (Å²) >= 11 is 0. The second-order valence-electron chi connectivity index (χ2n) is 5.64. The number of nitrogens with two attached hydrogens (primary N) is 1. The summed E-state index contributed by atoms with van der Waals surface area (Å²) in [5, 5.41) is 0. The molecule has 2 N–H and O–H groups in total. The molecule has 1 rings (SSSR count). The van der Waals surface area contributed by atoms with E-state index < -0.39 is 5.91 Å². The molecule has 0 aliphatic rings. The predicted octanol–water partition coefficient (Wildman–Crippen LogP) is 1.99. The maximum Gasteiger partial charge on any atom is 0.231 e. The van der Waals surface area contributed by atoms with E-state index in [1.54, 1.807) is 4.90 Å². The second-order valence-corrected chi connectivity index (χ2v) is 5.64. The van der Waals surface area contributed by atoms with Gasteiger partial charge < -0.3 is 5.73 Å². The Morgan fingerprint density at radius 2 is 1.60 bits per heavy atom. The summed E-state index contributed by atoms with van der Waals surface area (Å²) in [5.74, 6) is -0.385. The minimum Gasteiger partial charge on any atom is -0.369 e. The number of carbonyl (C=O) groups is 2. The minimum atomic E-state index is -0.414. The van der Waals surface area contributed by atoms with Crippen LogP contribution in [0, 0.1) is 20.8 Å². The quantitative estimate of drug-likeness (QED) is 0.808. The number of hydrogen-bond acceptors (Lipinski definition) is 3. The normalized spacial score (nSPS) is 11.2. The highest BCUT2D eigenvalue weighted by Crippen LogP contribution is 2.16. The van der Waals surface area contributed by atoms with Crippen molar-refractivity contribution in [3.05, 3.63) is 34.4 Å². The second kappa shape index (κ2) is 6.66. The van der Waals surface area contributed by atoms with Gasteiger partial charge in [0.2, 0.25) is 5.91 Å². The Hall–Kier alpha value is -1.68. The first-order valence-electron chi connectivity index (χ1n) is 6.85. The molecular weight excluding hydrogens is 252 g/mol. The van der Waals surface area contributed by atoms with E-state index in [1.165, 1.54) is 5.56 Å². The molecule has 4 nitrogen and oxygen atoms in total. The van der Waals surface area contributed by atoms with Crippen molar-refractivity contribution in [2.75, 3.05) is 13.1 Å². The van der Waals surface area contributed by atoms with E-state index in [-0.39, 0.29) is 24.9 Å². The van der Waals surface area contributed by atoms with E-state index >= 15 is 0 Å². The van der Waals surface area contributed by atoms with Crippen LogP contribution >= 0.6 is 0 Å². The third kappa shape index (κ3) is 4.17. The zero-order valence-electron chi connectivity index (χ0n) is 13.0. The molecule has 1 amide bonds. The average Bonchev–Trinajstić information content (AvgIpc) is 2.32. The van der Waals surface area contributed by atoms with Crippen LogP contribution in [0.2, 0.25) is 0 Å². The van der Waals surface area contributed by atoms with Gasteiger partial charge in [-0.2, -0.15) is 0 Å². The van der Waals surface area contributed by atoms with Crippen molar-refractivity contribution >= 4 is 11.7 Å². The largest absolute Gasteiger partial charge is 0.369 e. The lowest BCUT2D eigenvalue weighted by molar-refractivity contribution is -0.119. The molecule has 0 saturated heterocycles. The number of Topliss-reactive ketones (excluding diaryl/α,β-unsaturated/α-hetero) is 1. The maximum atomic E-state index is 12.4. The number of ketones is 1. The summed E-state index contributed by atoms with van der Waals surface area (Å²) in [6, 6.07) is 4.05. The molecule has 0 radical (unpaired) electrons. The van der Waals surface area contributed by atoms with E-state index in [1.807, 2.05) is 46.8 Å². The van der Waals surface area contributed by atoms with Gasteiger partial charge in [0, 0.05) is 11.6 Å². The Kier molecular flexibility index (Phi) is 5.45. The number of amides is 1. The maximum absolute atomic E-state index is 12.4. The Morgan fingerprint density at radius 1 is 1.05 bits per heavy atom. The smallest absolute Gasteiger partial charge is 0.231 e. The molecule has 0 aromatic heterocycles. The van der Waals surface area contributed by atoms with Gasteiger partial charge >= 0.3 is 0 Å². The molecule has 0 spiro atoms. The Bertz CT molecular complexity index is 521. The first-order chi connectivity index (χ1) is 9.22. The van der Waals surface area contributed by atoms with Crippen LogP contribution in [0.15, 0.2) is 12.1 Å². The molecule has 110 valence electrons. The van der Waals surface area contributed by atoms with Gasteiger partial charge in [-0.1, -0.05) is 6.07 Å². The van der Waals surface area contributed by atoms with E-state index in [2.05, 4.69) is 0 Å². The summed E-state index contributed by atoms with van der Waals surface area (Å²) in [6.45, 7) is 10.2. The van der Waals surface area contributed by atoms with Crippen molar-refractivity contribution in [3.8, 4) is 0 Å². The third-order valence-electron chi connectivity index (χ3n) is 3.58. The number of nitrogens with zero attached hydrogens (tertiary/aromatic N) is 1. The molecular formula is C16H24N2O2. The summed E-state index contributed by atoms with van der Waals surface area (Å²) in [6.07, 6.45) is 0. The summed E-state index contributed by atoms with van der Waals surface area (Å²) in [5.41, 5.74) is 9.21. The molecule has 1 aromatic carbocycles. The average molecular weight is 276 g/mol. The summed E-state index contributed by atoms with van der Waals surface area (Å²) in [4.78, 5) is 25.3. The van der Waals surface area contributed by atoms with Gasteiger partial charge in [0.05, 0.1) is 13.1 Å². The Morgan fingerprint density at radius 3 is 2.10 bits per heavy atom. The van der Waals surface area contributed by atoms with Gasteiger partial charge in [-0.25, -0.2) is 0 Å². The lowest BCUT2D eigenvalue weighted by Gasteiger charge is -2.24. The zero-order valence-corrected chi connectivity index (χ0v) is 13.0. The topological polar surface area (TPSA) is 63.4 Å². The molecule has 0 heterocycles. The fraction of sp³-hybridized carbons (Fsp3) is 0.500. The molecule has 0 saturated carbocycles. The number of hydrogen-bond donors (Lipinski definition) is 1. The van der Waals surface area contributed by atoms with Crippen LogP contribution in [0.25, 0.3) is 0 Å². The highest BCUT2D eigenvalue weighted by molar-refractivity contribution is 5.99. The van der Waals surface area contributed by atoms with Crippen molar-refractivity contribution in [2.45, 2.75) is 40.7 Å². The fourth-order valence-corrected chi connectivity index (χ4v) is 2.15. The molecule has 0 aliphatic heterocycles. The predicted molar refractivity (Wildman–Crippen MR) is 80.9 cm³/mol. The van der Waals surface area contributed by atoms with E-state index in [4.69, 9.17) is 5.73 Å². The number of benzene rings is 1. The standard InChI is InChI=1S/C16H24N2O2/c1-10(2)18(9-16(17)20)8-15(19)14-7-12(4)11(3)6-13(14)5/h6-7,10H,8-9H2,1-5H3,(H2,17,20). The molecule has 0 fully saturated rings. The van der Waals surface area contributed by atoms with Crippen molar-refractivity contribution < 1.29 is 9.59 Å². The molecule has 1 aromatic rings. The molecule has 0 atom stereocenters. The van der Waals surface area contributed by atoms with Crippen LogP contribution in [0.4, 0.5) is 0 Å². The first-order valence-corrected chi connectivity index (χ1v) is 6.85. The number of aryl methyl sites for hydroxylation is 3. The third-order valence-corrected chi connectivity index (χ3v) is 3.58. The van der Waals surface area contributed by atoms with Crippen molar-refractivity contribution in [1.82, 2.24) is 4.90 Å². The minimum absolute atomic E-state index is 0.0283. The fourth-order valence-electron chi connectivity index (χ4n) is 2.15. The van der Waals surface area contributed by atoms with Crippen LogP contribution in [-0.4, -0.2) is 35.7 Å². The van der Waals surface area contributed by atoms with Gasteiger partial charge in [0.1, 0.15) is 0 Å². The molecule has 0 aliphatic carbocycles. The Labute approximate surface area is 121 Å². The van der Waals surface area contributed by atoms with Gasteiger partial charge in [0.25, 0.3) is 0 Å². The SMILES string of the molecule is Cc1cc(C)c(C(=O)CN(CC(N)=O)C(C)C)cc1C. The van der Waals surface area contributed by atoms with Gasteiger partial charge in [-0.05, 0) is 57.4 Å². The van der Waals surface area contributed by atoms with E-state index in [0.717, 1.165) is 16.7 Å². The lowest BCUT2D eigenvalue weighted by atomic mass is 9.97.